The van der Waals surface area contributed by atoms with Gasteiger partial charge in [0.05, 0.1) is 13.0 Å². The lowest BCUT2D eigenvalue weighted by Gasteiger charge is -2.25. The Morgan fingerprint density at radius 1 is 1.33 bits per heavy atom. The highest BCUT2D eigenvalue weighted by molar-refractivity contribution is 5.74. The van der Waals surface area contributed by atoms with Gasteiger partial charge in [-0.2, -0.15) is 0 Å². The summed E-state index contributed by atoms with van der Waals surface area (Å²) in [4.78, 5) is 12.0. The first-order chi connectivity index (χ1) is 8.61. The second-order valence-electron chi connectivity index (χ2n) is 4.65. The van der Waals surface area contributed by atoms with Crippen molar-refractivity contribution >= 4 is 5.97 Å². The molecule has 0 saturated heterocycles. The van der Waals surface area contributed by atoms with Crippen molar-refractivity contribution in [2.24, 2.45) is 5.92 Å². The molecule has 0 aliphatic rings. The molecule has 2 heteroatoms. The van der Waals surface area contributed by atoms with Crippen molar-refractivity contribution in [2.75, 3.05) is 7.11 Å². The van der Waals surface area contributed by atoms with Crippen LogP contribution in [-0.2, 0) is 9.53 Å². The minimum absolute atomic E-state index is 0.0404. The summed E-state index contributed by atoms with van der Waals surface area (Å²) in [5.74, 6) is -0.243. The lowest BCUT2D eigenvalue weighted by Crippen LogP contribution is -2.24. The summed E-state index contributed by atoms with van der Waals surface area (Å²) in [6.07, 6.45) is 1.77. The minimum atomic E-state index is -0.145. The number of allylic oxidation sites excluding steroid dienone is 1. The molecule has 98 valence electrons. The fourth-order valence-corrected chi connectivity index (χ4v) is 2.40. The van der Waals surface area contributed by atoms with Crippen LogP contribution in [0.3, 0.4) is 0 Å². The van der Waals surface area contributed by atoms with Crippen molar-refractivity contribution in [3.05, 3.63) is 48.0 Å². The standard InChI is InChI=1S/C16H22O2/c1-5-9-14(16(17)18-4)15(12(2)3)13-10-7-6-8-11-13/h6-8,10-11,14-15H,2,5,9H2,1,3-4H3/t14-,15+/m0/s1. The number of hydrogen-bond acceptors (Lipinski definition) is 2. The smallest absolute Gasteiger partial charge is 0.309 e. The van der Waals surface area contributed by atoms with Crippen LogP contribution >= 0.6 is 0 Å². The topological polar surface area (TPSA) is 26.3 Å². The SMILES string of the molecule is C=C(C)[C@H](c1ccccc1)[C@H](CCC)C(=O)OC. The summed E-state index contributed by atoms with van der Waals surface area (Å²) in [5.41, 5.74) is 2.14. The van der Waals surface area contributed by atoms with Crippen LogP contribution in [0.1, 0.15) is 38.2 Å². The van der Waals surface area contributed by atoms with Gasteiger partial charge in [0, 0.05) is 5.92 Å². The van der Waals surface area contributed by atoms with Gasteiger partial charge in [-0.1, -0.05) is 55.8 Å². The molecule has 0 N–H and O–H groups in total. The fourth-order valence-electron chi connectivity index (χ4n) is 2.40. The van der Waals surface area contributed by atoms with Crippen LogP contribution in [0.2, 0.25) is 0 Å². The van der Waals surface area contributed by atoms with Crippen molar-refractivity contribution in [1.82, 2.24) is 0 Å². The Kier molecular flexibility index (Phi) is 5.63. The first-order valence-corrected chi connectivity index (χ1v) is 6.40. The Morgan fingerprint density at radius 2 is 1.94 bits per heavy atom. The molecule has 1 aromatic rings. The van der Waals surface area contributed by atoms with Gasteiger partial charge in [0.1, 0.15) is 0 Å². The molecule has 0 unspecified atom stereocenters. The van der Waals surface area contributed by atoms with Gasteiger partial charge in [-0.3, -0.25) is 4.79 Å². The second-order valence-corrected chi connectivity index (χ2v) is 4.65. The van der Waals surface area contributed by atoms with Crippen molar-refractivity contribution in [3.63, 3.8) is 0 Å². The lowest BCUT2D eigenvalue weighted by molar-refractivity contribution is -0.146. The van der Waals surface area contributed by atoms with E-state index in [1.807, 2.05) is 37.3 Å². The molecule has 0 aliphatic carbocycles. The third-order valence-electron chi connectivity index (χ3n) is 3.20. The average Bonchev–Trinajstić information content (AvgIpc) is 2.38. The number of carbonyl (C=O) groups excluding carboxylic acids is 1. The highest BCUT2D eigenvalue weighted by atomic mass is 16.5. The van der Waals surface area contributed by atoms with Gasteiger partial charge in [0.25, 0.3) is 0 Å². The van der Waals surface area contributed by atoms with E-state index in [1.165, 1.54) is 7.11 Å². The van der Waals surface area contributed by atoms with Gasteiger partial charge < -0.3 is 4.74 Å². The Bertz CT molecular complexity index is 395. The van der Waals surface area contributed by atoms with Crippen molar-refractivity contribution in [3.8, 4) is 0 Å². The van der Waals surface area contributed by atoms with E-state index in [2.05, 4.69) is 13.5 Å². The Balaban J connectivity index is 3.09. The third-order valence-corrected chi connectivity index (χ3v) is 3.20. The highest BCUT2D eigenvalue weighted by Gasteiger charge is 2.30. The van der Waals surface area contributed by atoms with Gasteiger partial charge in [0.15, 0.2) is 0 Å². The number of rotatable bonds is 6. The number of esters is 1. The minimum Gasteiger partial charge on any atom is -0.469 e. The van der Waals surface area contributed by atoms with E-state index in [9.17, 15) is 4.79 Å². The van der Waals surface area contributed by atoms with E-state index < -0.39 is 0 Å². The zero-order valence-corrected chi connectivity index (χ0v) is 11.5. The summed E-state index contributed by atoms with van der Waals surface area (Å²) >= 11 is 0. The molecule has 0 aromatic heterocycles. The number of carbonyl (C=O) groups is 1. The number of hydrogen-bond donors (Lipinski definition) is 0. The van der Waals surface area contributed by atoms with Crippen LogP contribution < -0.4 is 0 Å². The first kappa shape index (κ1) is 14.5. The molecule has 0 saturated carbocycles. The summed E-state index contributed by atoms with van der Waals surface area (Å²) in [6.45, 7) is 8.10. The van der Waals surface area contributed by atoms with Gasteiger partial charge in [-0.15, -0.1) is 0 Å². The second kappa shape index (κ2) is 7.00. The van der Waals surface area contributed by atoms with Crippen LogP contribution in [-0.4, -0.2) is 13.1 Å². The molecule has 0 heterocycles. The van der Waals surface area contributed by atoms with Crippen LogP contribution in [0, 0.1) is 5.92 Å². The van der Waals surface area contributed by atoms with Gasteiger partial charge in [-0.05, 0) is 18.9 Å². The predicted molar refractivity (Wildman–Crippen MR) is 74.4 cm³/mol. The van der Waals surface area contributed by atoms with Crippen molar-refractivity contribution in [2.45, 2.75) is 32.6 Å². The Hall–Kier alpha value is -1.57. The predicted octanol–water partition coefficient (Wildman–Crippen LogP) is 3.94. The Labute approximate surface area is 110 Å². The van der Waals surface area contributed by atoms with Crippen LogP contribution in [0.4, 0.5) is 0 Å². The molecular weight excluding hydrogens is 224 g/mol. The molecule has 1 rings (SSSR count). The van der Waals surface area contributed by atoms with Gasteiger partial charge in [0.2, 0.25) is 0 Å². The largest absolute Gasteiger partial charge is 0.469 e. The van der Waals surface area contributed by atoms with E-state index in [1.54, 1.807) is 0 Å². The van der Waals surface area contributed by atoms with Gasteiger partial charge in [-0.25, -0.2) is 0 Å². The normalized spacial score (nSPS) is 13.7. The average molecular weight is 246 g/mol. The highest BCUT2D eigenvalue weighted by Crippen LogP contribution is 2.34. The van der Waals surface area contributed by atoms with E-state index in [4.69, 9.17) is 4.74 Å². The summed E-state index contributed by atoms with van der Waals surface area (Å²) in [5, 5.41) is 0. The van der Waals surface area contributed by atoms with E-state index in [0.717, 1.165) is 24.0 Å². The number of methoxy groups -OCH3 is 1. The molecule has 0 bridgehead atoms. The van der Waals surface area contributed by atoms with Crippen LogP contribution in [0.5, 0.6) is 0 Å². The molecule has 1 aromatic carbocycles. The Morgan fingerprint density at radius 3 is 2.39 bits per heavy atom. The van der Waals surface area contributed by atoms with Crippen LogP contribution in [0.25, 0.3) is 0 Å². The van der Waals surface area contributed by atoms with Crippen molar-refractivity contribution in [1.29, 1.82) is 0 Å². The molecule has 0 aliphatic heterocycles. The molecule has 2 nitrogen and oxygen atoms in total. The zero-order valence-electron chi connectivity index (χ0n) is 11.5. The molecule has 18 heavy (non-hydrogen) atoms. The number of ether oxygens (including phenoxy) is 1. The quantitative estimate of drug-likeness (QED) is 0.561. The summed E-state index contributed by atoms with van der Waals surface area (Å²) in [6, 6.07) is 10.1. The maximum absolute atomic E-state index is 12.0. The first-order valence-electron chi connectivity index (χ1n) is 6.40. The molecular formula is C16H22O2. The third kappa shape index (κ3) is 3.46. The van der Waals surface area contributed by atoms with E-state index in [-0.39, 0.29) is 17.8 Å². The number of benzene rings is 1. The summed E-state index contributed by atoms with van der Waals surface area (Å²) in [7, 11) is 1.45. The van der Waals surface area contributed by atoms with E-state index >= 15 is 0 Å². The fraction of sp³-hybridized carbons (Fsp3) is 0.438. The molecule has 2 atom stereocenters. The van der Waals surface area contributed by atoms with Gasteiger partial charge >= 0.3 is 5.97 Å². The van der Waals surface area contributed by atoms with E-state index in [0.29, 0.717) is 0 Å². The maximum Gasteiger partial charge on any atom is 0.309 e. The van der Waals surface area contributed by atoms with Crippen LogP contribution in [0.15, 0.2) is 42.5 Å². The lowest BCUT2D eigenvalue weighted by atomic mass is 9.79. The zero-order chi connectivity index (χ0) is 13.5. The molecule has 0 radical (unpaired) electrons. The maximum atomic E-state index is 12.0. The van der Waals surface area contributed by atoms with Crippen molar-refractivity contribution < 1.29 is 9.53 Å². The molecule has 0 fully saturated rings. The molecule has 0 amide bonds. The molecule has 0 spiro atoms. The summed E-state index contributed by atoms with van der Waals surface area (Å²) < 4.78 is 4.94. The monoisotopic (exact) mass is 246 g/mol.